The van der Waals surface area contributed by atoms with Crippen LogP contribution in [0, 0.1) is 6.92 Å². The van der Waals surface area contributed by atoms with Crippen LogP contribution < -0.4 is 5.73 Å². The Labute approximate surface area is 115 Å². The molecular formula is C15H23N3O. The number of carbonyl (C=O) groups is 1. The number of rotatable bonds is 1. The molecule has 1 amide bonds. The van der Waals surface area contributed by atoms with Gasteiger partial charge in [0.1, 0.15) is 0 Å². The van der Waals surface area contributed by atoms with Crippen molar-refractivity contribution in [1.29, 1.82) is 0 Å². The molecule has 0 aliphatic carbocycles. The van der Waals surface area contributed by atoms with E-state index in [1.165, 1.54) is 0 Å². The summed E-state index contributed by atoms with van der Waals surface area (Å²) in [5.74, 6) is 0.0439. The molecule has 2 rings (SSSR count). The highest BCUT2D eigenvalue weighted by Crippen LogP contribution is 2.22. The summed E-state index contributed by atoms with van der Waals surface area (Å²) in [6.45, 7) is 8.68. The number of hydrogen-bond donors (Lipinski definition) is 1. The maximum Gasteiger partial charge on any atom is 0.256 e. The topological polar surface area (TPSA) is 49.6 Å². The fourth-order valence-electron chi connectivity index (χ4n) is 2.44. The van der Waals surface area contributed by atoms with Gasteiger partial charge in [0.05, 0.1) is 5.56 Å². The number of benzene rings is 1. The first-order chi connectivity index (χ1) is 8.81. The van der Waals surface area contributed by atoms with Crippen molar-refractivity contribution in [3.8, 4) is 0 Å². The van der Waals surface area contributed by atoms with Gasteiger partial charge >= 0.3 is 0 Å². The van der Waals surface area contributed by atoms with Crippen LogP contribution in [0.15, 0.2) is 18.2 Å². The van der Waals surface area contributed by atoms with E-state index in [0.717, 1.165) is 25.2 Å². The summed E-state index contributed by atoms with van der Waals surface area (Å²) >= 11 is 0. The van der Waals surface area contributed by atoms with E-state index in [-0.39, 0.29) is 11.4 Å². The van der Waals surface area contributed by atoms with E-state index in [4.69, 9.17) is 5.73 Å². The number of likely N-dealkylation sites (N-methyl/N-ethyl adjacent to an activating group) is 1. The van der Waals surface area contributed by atoms with Gasteiger partial charge in [-0.1, -0.05) is 11.6 Å². The van der Waals surface area contributed by atoms with Gasteiger partial charge in [-0.2, -0.15) is 0 Å². The molecule has 1 fully saturated rings. The van der Waals surface area contributed by atoms with Crippen molar-refractivity contribution in [1.82, 2.24) is 9.80 Å². The van der Waals surface area contributed by atoms with E-state index in [1.54, 1.807) is 0 Å². The number of amides is 1. The van der Waals surface area contributed by atoms with Gasteiger partial charge in [-0.3, -0.25) is 9.69 Å². The Morgan fingerprint density at radius 1 is 1.32 bits per heavy atom. The van der Waals surface area contributed by atoms with Gasteiger partial charge in [0.2, 0.25) is 0 Å². The second-order valence-electron chi connectivity index (χ2n) is 6.05. The molecule has 1 heterocycles. The molecule has 19 heavy (non-hydrogen) atoms. The Hall–Kier alpha value is -1.55. The van der Waals surface area contributed by atoms with Crippen LogP contribution in [-0.2, 0) is 0 Å². The normalized spacial score (nSPS) is 19.5. The maximum atomic E-state index is 12.6. The molecule has 0 saturated carbocycles. The lowest BCUT2D eigenvalue weighted by molar-refractivity contribution is 0.0312. The zero-order chi connectivity index (χ0) is 14.2. The van der Waals surface area contributed by atoms with Crippen molar-refractivity contribution >= 4 is 11.6 Å². The van der Waals surface area contributed by atoms with E-state index in [9.17, 15) is 4.79 Å². The third-order valence-electron chi connectivity index (χ3n) is 4.04. The van der Waals surface area contributed by atoms with Crippen molar-refractivity contribution in [2.24, 2.45) is 0 Å². The predicted molar refractivity (Wildman–Crippen MR) is 78.2 cm³/mol. The zero-order valence-electron chi connectivity index (χ0n) is 12.2. The lowest BCUT2D eigenvalue weighted by Crippen LogP contribution is -2.58. The molecule has 1 saturated heterocycles. The van der Waals surface area contributed by atoms with Crippen molar-refractivity contribution < 1.29 is 4.79 Å². The Morgan fingerprint density at radius 3 is 2.63 bits per heavy atom. The molecule has 0 aromatic heterocycles. The summed E-state index contributed by atoms with van der Waals surface area (Å²) in [5.41, 5.74) is 8.19. The number of nitrogen functional groups attached to an aromatic ring is 1. The fraction of sp³-hybridized carbons (Fsp3) is 0.533. The quantitative estimate of drug-likeness (QED) is 0.783. The van der Waals surface area contributed by atoms with Crippen molar-refractivity contribution in [2.75, 3.05) is 32.4 Å². The molecule has 1 aliphatic rings. The maximum absolute atomic E-state index is 12.6. The number of hydrogen-bond acceptors (Lipinski definition) is 3. The molecule has 0 radical (unpaired) electrons. The second-order valence-corrected chi connectivity index (χ2v) is 6.05. The minimum absolute atomic E-state index is 0.00645. The highest BCUT2D eigenvalue weighted by Gasteiger charge is 2.33. The molecule has 0 atom stereocenters. The Morgan fingerprint density at radius 2 is 2.00 bits per heavy atom. The summed E-state index contributed by atoms with van der Waals surface area (Å²) in [5, 5.41) is 0. The summed E-state index contributed by atoms with van der Waals surface area (Å²) in [7, 11) is 2.10. The number of aryl methyl sites for hydroxylation is 1. The van der Waals surface area contributed by atoms with Gasteiger partial charge in [0, 0.05) is 30.9 Å². The van der Waals surface area contributed by atoms with Crippen LogP contribution in [0.4, 0.5) is 5.69 Å². The van der Waals surface area contributed by atoms with E-state index >= 15 is 0 Å². The van der Waals surface area contributed by atoms with Crippen LogP contribution in [0.5, 0.6) is 0 Å². The Bertz CT molecular complexity index is 496. The third-order valence-corrected chi connectivity index (χ3v) is 4.04. The second kappa shape index (κ2) is 4.85. The monoisotopic (exact) mass is 261 g/mol. The van der Waals surface area contributed by atoms with Crippen LogP contribution in [0.2, 0.25) is 0 Å². The average molecular weight is 261 g/mol. The van der Waals surface area contributed by atoms with Crippen LogP contribution in [0.25, 0.3) is 0 Å². The largest absolute Gasteiger partial charge is 0.398 e. The molecule has 0 spiro atoms. The molecular weight excluding hydrogens is 238 g/mol. The van der Waals surface area contributed by atoms with Gasteiger partial charge in [0.25, 0.3) is 5.91 Å². The molecule has 0 bridgehead atoms. The smallest absolute Gasteiger partial charge is 0.256 e. The van der Waals surface area contributed by atoms with Gasteiger partial charge in [-0.05, 0) is 40.0 Å². The number of nitrogens with zero attached hydrogens (tertiary/aromatic N) is 2. The van der Waals surface area contributed by atoms with Gasteiger partial charge in [0.15, 0.2) is 0 Å². The van der Waals surface area contributed by atoms with Crippen LogP contribution in [-0.4, -0.2) is 47.9 Å². The molecule has 1 aromatic rings. The first-order valence-electron chi connectivity index (χ1n) is 6.68. The lowest BCUT2D eigenvalue weighted by Gasteiger charge is -2.45. The number of carbonyl (C=O) groups excluding carboxylic acids is 1. The van der Waals surface area contributed by atoms with Crippen LogP contribution in [0.3, 0.4) is 0 Å². The Kier molecular flexibility index (Phi) is 3.54. The molecule has 0 unspecified atom stereocenters. The summed E-state index contributed by atoms with van der Waals surface area (Å²) < 4.78 is 0. The third kappa shape index (κ3) is 2.73. The minimum Gasteiger partial charge on any atom is -0.398 e. The molecule has 1 aromatic carbocycles. The summed E-state index contributed by atoms with van der Waals surface area (Å²) in [6, 6.07) is 5.62. The zero-order valence-corrected chi connectivity index (χ0v) is 12.2. The van der Waals surface area contributed by atoms with E-state index < -0.39 is 0 Å². The van der Waals surface area contributed by atoms with Crippen LogP contribution >= 0.6 is 0 Å². The van der Waals surface area contributed by atoms with Crippen molar-refractivity contribution in [3.63, 3.8) is 0 Å². The van der Waals surface area contributed by atoms with E-state index in [1.807, 2.05) is 30.0 Å². The molecule has 2 N–H and O–H groups in total. The first kappa shape index (κ1) is 13.9. The molecule has 1 aliphatic heterocycles. The number of piperazine rings is 1. The van der Waals surface area contributed by atoms with E-state index in [2.05, 4.69) is 25.8 Å². The van der Waals surface area contributed by atoms with Crippen molar-refractivity contribution in [2.45, 2.75) is 26.3 Å². The molecule has 4 nitrogen and oxygen atoms in total. The molecule has 104 valence electrons. The average Bonchev–Trinajstić information content (AvgIpc) is 2.35. The standard InChI is InChI=1S/C15H23N3O/c1-11-5-6-13(16)12(9-11)14(19)18-8-7-17(4)15(2,3)10-18/h5-6,9H,7-8,10,16H2,1-4H3. The van der Waals surface area contributed by atoms with Crippen LogP contribution in [0.1, 0.15) is 29.8 Å². The predicted octanol–water partition coefficient (Wildman–Crippen LogP) is 1.74. The fourth-order valence-corrected chi connectivity index (χ4v) is 2.44. The van der Waals surface area contributed by atoms with Gasteiger partial charge in [-0.15, -0.1) is 0 Å². The van der Waals surface area contributed by atoms with Crippen molar-refractivity contribution in [3.05, 3.63) is 29.3 Å². The lowest BCUT2D eigenvalue weighted by atomic mass is 9.98. The minimum atomic E-state index is 0.00645. The first-order valence-corrected chi connectivity index (χ1v) is 6.68. The Balaban J connectivity index is 2.23. The summed E-state index contributed by atoms with van der Waals surface area (Å²) in [4.78, 5) is 16.8. The highest BCUT2D eigenvalue weighted by molar-refractivity contribution is 5.99. The van der Waals surface area contributed by atoms with Gasteiger partial charge in [-0.25, -0.2) is 0 Å². The molecule has 4 heteroatoms. The SMILES string of the molecule is Cc1ccc(N)c(C(=O)N2CCN(C)C(C)(C)C2)c1. The number of nitrogens with two attached hydrogens (primary N) is 1. The van der Waals surface area contributed by atoms with E-state index in [0.29, 0.717) is 11.3 Å². The van der Waals surface area contributed by atoms with Gasteiger partial charge < -0.3 is 10.6 Å². The highest BCUT2D eigenvalue weighted by atomic mass is 16.2. The summed E-state index contributed by atoms with van der Waals surface area (Å²) in [6.07, 6.45) is 0. The number of anilines is 1.